The number of fused-ring (bicyclic) bond motifs is 1. The van der Waals surface area contributed by atoms with Gasteiger partial charge in [0.05, 0.1) is 15.7 Å². The summed E-state index contributed by atoms with van der Waals surface area (Å²) in [7, 11) is -3.81. The monoisotopic (exact) mass is 521 g/mol. The summed E-state index contributed by atoms with van der Waals surface area (Å²) in [5, 5.41) is 12.6. The first kappa shape index (κ1) is 25.7. The lowest BCUT2D eigenvalue weighted by molar-refractivity contribution is -0.115. The number of nitrogens with zero attached hydrogens (tertiary/aromatic N) is 3. The van der Waals surface area contributed by atoms with Crippen LogP contribution in [0.1, 0.15) is 43.5 Å². The van der Waals surface area contributed by atoms with Gasteiger partial charge in [-0.25, -0.2) is 18.4 Å². The van der Waals surface area contributed by atoms with Gasteiger partial charge in [-0.05, 0) is 79.6 Å². The van der Waals surface area contributed by atoms with Gasteiger partial charge in [0.2, 0.25) is 5.91 Å². The van der Waals surface area contributed by atoms with E-state index in [1.54, 1.807) is 30.3 Å². The number of rotatable bonds is 8. The van der Waals surface area contributed by atoms with Gasteiger partial charge in [-0.3, -0.25) is 9.52 Å². The highest BCUT2D eigenvalue weighted by Crippen LogP contribution is 2.32. The molecule has 0 spiro atoms. The average molecular weight is 522 g/mol. The Labute approximate surface area is 215 Å². The van der Waals surface area contributed by atoms with Crippen molar-refractivity contribution in [1.82, 2.24) is 9.97 Å². The van der Waals surface area contributed by atoms with Crippen LogP contribution in [0.4, 0.5) is 11.5 Å². The third-order valence-electron chi connectivity index (χ3n) is 5.97. The molecule has 10 heteroatoms. The van der Waals surface area contributed by atoms with Crippen molar-refractivity contribution in [2.24, 2.45) is 5.92 Å². The second-order valence-corrected chi connectivity index (χ2v) is 11.6. The van der Waals surface area contributed by atoms with E-state index in [1.165, 1.54) is 30.1 Å². The van der Waals surface area contributed by atoms with Crippen LogP contribution >= 0.6 is 11.8 Å². The SMILES string of the molecule is CCC(Sc1nc2c(cc1C#N)CC(C)CC2)C(=O)Nc1ccc(S(=O)(=O)Nc2ccccn2)cc1. The predicted octanol–water partition coefficient (Wildman–Crippen LogP) is 4.78. The molecule has 2 atom stereocenters. The maximum atomic E-state index is 13.0. The van der Waals surface area contributed by atoms with E-state index in [0.29, 0.717) is 28.6 Å². The number of aromatic nitrogens is 2. The van der Waals surface area contributed by atoms with Crippen LogP contribution in [0, 0.1) is 17.2 Å². The molecule has 186 valence electrons. The third-order valence-corrected chi connectivity index (χ3v) is 8.71. The zero-order valence-corrected chi connectivity index (χ0v) is 21.7. The Morgan fingerprint density at radius 1 is 1.25 bits per heavy atom. The van der Waals surface area contributed by atoms with E-state index < -0.39 is 15.3 Å². The Balaban J connectivity index is 1.45. The molecule has 2 N–H and O–H groups in total. The molecule has 0 radical (unpaired) electrons. The number of amides is 1. The van der Waals surface area contributed by atoms with Crippen LogP contribution in [0.2, 0.25) is 0 Å². The van der Waals surface area contributed by atoms with Crippen molar-refractivity contribution in [3.05, 3.63) is 71.5 Å². The minimum absolute atomic E-state index is 0.0545. The molecule has 1 amide bonds. The molecule has 0 fully saturated rings. The summed E-state index contributed by atoms with van der Waals surface area (Å²) in [6.45, 7) is 4.11. The second kappa shape index (κ2) is 11.1. The number of hydrogen-bond acceptors (Lipinski definition) is 7. The van der Waals surface area contributed by atoms with Crippen molar-refractivity contribution >= 4 is 39.2 Å². The topological polar surface area (TPSA) is 125 Å². The van der Waals surface area contributed by atoms with Crippen LogP contribution in [0.3, 0.4) is 0 Å². The molecular formula is C26H27N5O3S2. The highest BCUT2D eigenvalue weighted by atomic mass is 32.2. The van der Waals surface area contributed by atoms with Crippen LogP contribution in [0.15, 0.2) is 64.6 Å². The third kappa shape index (κ3) is 6.04. The molecular weight excluding hydrogens is 494 g/mol. The van der Waals surface area contributed by atoms with Crippen molar-refractivity contribution in [1.29, 1.82) is 5.26 Å². The smallest absolute Gasteiger partial charge is 0.263 e. The molecule has 36 heavy (non-hydrogen) atoms. The van der Waals surface area contributed by atoms with E-state index in [-0.39, 0.29) is 16.6 Å². The highest BCUT2D eigenvalue weighted by Gasteiger charge is 2.24. The summed E-state index contributed by atoms with van der Waals surface area (Å²) in [5.74, 6) is 0.562. The number of pyridine rings is 2. The van der Waals surface area contributed by atoms with Gasteiger partial charge in [-0.15, -0.1) is 0 Å². The Hall–Kier alpha value is -3.42. The zero-order chi connectivity index (χ0) is 25.7. The van der Waals surface area contributed by atoms with Gasteiger partial charge in [0, 0.05) is 17.6 Å². The Bertz CT molecular complexity index is 1390. The van der Waals surface area contributed by atoms with Gasteiger partial charge in [0.15, 0.2) is 0 Å². The number of hydrogen-bond donors (Lipinski definition) is 2. The molecule has 1 aliphatic rings. The van der Waals surface area contributed by atoms with E-state index in [9.17, 15) is 18.5 Å². The molecule has 0 aliphatic heterocycles. The first-order valence-electron chi connectivity index (χ1n) is 11.7. The predicted molar refractivity (Wildman–Crippen MR) is 140 cm³/mol. The summed E-state index contributed by atoms with van der Waals surface area (Å²) in [5.41, 5.74) is 3.11. The van der Waals surface area contributed by atoms with E-state index in [0.717, 1.165) is 30.5 Å². The number of carbonyl (C=O) groups is 1. The molecule has 1 aliphatic carbocycles. The van der Waals surface area contributed by atoms with Crippen molar-refractivity contribution in [2.75, 3.05) is 10.0 Å². The lowest BCUT2D eigenvalue weighted by Gasteiger charge is -2.22. The fourth-order valence-electron chi connectivity index (χ4n) is 4.01. The number of nitrogens with one attached hydrogen (secondary N) is 2. The van der Waals surface area contributed by atoms with E-state index in [1.807, 2.05) is 13.0 Å². The summed E-state index contributed by atoms with van der Waals surface area (Å²) < 4.78 is 27.6. The summed E-state index contributed by atoms with van der Waals surface area (Å²) in [4.78, 5) is 21.8. The maximum absolute atomic E-state index is 13.0. The van der Waals surface area contributed by atoms with Crippen molar-refractivity contribution in [3.63, 3.8) is 0 Å². The maximum Gasteiger partial charge on any atom is 0.263 e. The largest absolute Gasteiger partial charge is 0.325 e. The molecule has 3 aromatic rings. The minimum atomic E-state index is -3.81. The lowest BCUT2D eigenvalue weighted by atomic mass is 9.87. The first-order chi connectivity index (χ1) is 17.3. The molecule has 0 saturated carbocycles. The van der Waals surface area contributed by atoms with E-state index in [4.69, 9.17) is 4.98 Å². The molecule has 2 heterocycles. The lowest BCUT2D eigenvalue weighted by Crippen LogP contribution is -2.25. The molecule has 2 unspecified atom stereocenters. The van der Waals surface area contributed by atoms with Crippen LogP contribution in [0.25, 0.3) is 0 Å². The minimum Gasteiger partial charge on any atom is -0.325 e. The van der Waals surface area contributed by atoms with E-state index in [2.05, 4.69) is 28.0 Å². The van der Waals surface area contributed by atoms with Crippen molar-refractivity contribution in [2.45, 2.75) is 54.7 Å². The van der Waals surface area contributed by atoms with Gasteiger partial charge in [-0.2, -0.15) is 5.26 Å². The van der Waals surface area contributed by atoms with Gasteiger partial charge >= 0.3 is 0 Å². The van der Waals surface area contributed by atoms with E-state index >= 15 is 0 Å². The molecule has 0 saturated heterocycles. The van der Waals surface area contributed by atoms with Gasteiger partial charge < -0.3 is 5.32 Å². The molecule has 0 bridgehead atoms. The van der Waals surface area contributed by atoms with Crippen LogP contribution < -0.4 is 10.0 Å². The number of sulfonamides is 1. The molecule has 1 aromatic carbocycles. The summed E-state index contributed by atoms with van der Waals surface area (Å²) >= 11 is 1.29. The highest BCUT2D eigenvalue weighted by molar-refractivity contribution is 8.00. The molecule has 4 rings (SSSR count). The number of carbonyl (C=O) groups excluding carboxylic acids is 1. The molecule has 8 nitrogen and oxygen atoms in total. The summed E-state index contributed by atoms with van der Waals surface area (Å²) in [6.07, 6.45) is 4.90. The Morgan fingerprint density at radius 2 is 2.03 bits per heavy atom. The number of nitriles is 1. The van der Waals surface area contributed by atoms with Crippen LogP contribution in [-0.2, 0) is 27.7 Å². The first-order valence-corrected chi connectivity index (χ1v) is 14.1. The quantitative estimate of drug-likeness (QED) is 0.409. The second-order valence-electron chi connectivity index (χ2n) is 8.76. The number of anilines is 2. The summed E-state index contributed by atoms with van der Waals surface area (Å²) in [6, 6.07) is 15.0. The fourth-order valence-corrected chi connectivity index (χ4v) is 6.02. The number of aryl methyl sites for hydroxylation is 1. The van der Waals surface area contributed by atoms with Crippen molar-refractivity contribution < 1.29 is 13.2 Å². The van der Waals surface area contributed by atoms with Gasteiger partial charge in [-0.1, -0.05) is 31.7 Å². The zero-order valence-electron chi connectivity index (χ0n) is 20.1. The Kier molecular flexibility index (Phi) is 7.91. The number of benzene rings is 1. The van der Waals surface area contributed by atoms with Crippen LogP contribution in [-0.4, -0.2) is 29.5 Å². The normalized spacial score (nSPS) is 15.9. The standard InChI is InChI=1S/C26H27N5O3S2/c1-3-23(35-26-19(16-27)15-18-14-17(2)7-12-22(18)30-26)25(32)29-20-8-10-21(11-9-20)36(33,34)31-24-6-4-5-13-28-24/h4-6,8-11,13,15,17,23H,3,7,12,14H2,1-2H3,(H,28,31)(H,29,32). The Morgan fingerprint density at radius 3 is 2.69 bits per heavy atom. The van der Waals surface area contributed by atoms with Crippen molar-refractivity contribution in [3.8, 4) is 6.07 Å². The van der Waals surface area contributed by atoms with Gasteiger partial charge in [0.1, 0.15) is 16.9 Å². The van der Waals surface area contributed by atoms with Gasteiger partial charge in [0.25, 0.3) is 10.0 Å². The van der Waals surface area contributed by atoms with Crippen LogP contribution in [0.5, 0.6) is 0 Å². The average Bonchev–Trinajstić information content (AvgIpc) is 2.87. The number of thioether (sulfide) groups is 1. The molecule has 2 aromatic heterocycles. The fraction of sp³-hybridized carbons (Fsp3) is 0.308.